The highest BCUT2D eigenvalue weighted by Gasteiger charge is 2.14. The van der Waals surface area contributed by atoms with Gasteiger partial charge < -0.3 is 59.1 Å². The van der Waals surface area contributed by atoms with Gasteiger partial charge in [0.05, 0.1) is 0 Å². The predicted octanol–water partition coefficient (Wildman–Crippen LogP) is 1.60. The zero-order valence-corrected chi connectivity index (χ0v) is 17.5. The predicted molar refractivity (Wildman–Crippen MR) is 93.1 cm³/mol. The van der Waals surface area contributed by atoms with Crippen LogP contribution < -0.4 is 0 Å². The van der Waals surface area contributed by atoms with Crippen LogP contribution in [0.1, 0.15) is 0 Å². The number of rotatable bonds is 0. The van der Waals surface area contributed by atoms with Gasteiger partial charge in [0.15, 0.2) is 0 Å². The zero-order chi connectivity index (χ0) is 24.4. The van der Waals surface area contributed by atoms with Crippen molar-refractivity contribution in [1.82, 2.24) is 0 Å². The number of hydrogen-bond acceptors (Lipinski definition) is 15. The summed E-state index contributed by atoms with van der Waals surface area (Å²) in [5.41, 5.74) is 0. The highest BCUT2D eigenvalue weighted by molar-refractivity contribution is 6.92. The fraction of sp³-hybridized carbons (Fsp3) is 0. The van der Waals surface area contributed by atoms with Gasteiger partial charge in [0.2, 0.25) is 0 Å². The minimum absolute atomic E-state index is 0. The van der Waals surface area contributed by atoms with Gasteiger partial charge in [0.25, 0.3) is 0 Å². The van der Waals surface area contributed by atoms with Gasteiger partial charge in [0.1, 0.15) is 0 Å². The van der Waals surface area contributed by atoms with Gasteiger partial charge in [-0.25, -0.2) is 43.2 Å². The minimum Gasteiger partial charge on any atom is -0.449 e. The standard InChI is InChI=1S/3C3H2O7.2H3P/c3*4-1(5)9-3(8)10-2(6)7;;/h3*(H,4,5)(H,6,7);2*1H3. The second-order valence-electron chi connectivity index (χ2n) is 2.96. The Labute approximate surface area is 178 Å². The molecule has 21 nitrogen and oxygen atoms in total. The third-order valence-corrected chi connectivity index (χ3v) is 1.02. The molecule has 0 saturated heterocycles. The Kier molecular flexibility index (Phi) is 25.3. The van der Waals surface area contributed by atoms with Crippen LogP contribution in [0, 0.1) is 0 Å². The van der Waals surface area contributed by atoms with E-state index in [9.17, 15) is 43.2 Å². The molecule has 0 fully saturated rings. The number of carbonyl (C=O) groups is 9. The molecule has 0 bridgehead atoms. The second-order valence-corrected chi connectivity index (χ2v) is 2.96. The first-order chi connectivity index (χ1) is 13.6. The van der Waals surface area contributed by atoms with Gasteiger partial charge in [-0.05, 0) is 0 Å². The first-order valence-corrected chi connectivity index (χ1v) is 5.63. The van der Waals surface area contributed by atoms with Crippen LogP contribution in [-0.4, -0.2) is 86.0 Å². The number of carboxylic acid groups (broad SMARTS) is 6. The van der Waals surface area contributed by atoms with Crippen LogP contribution >= 0.6 is 19.8 Å². The Morgan fingerprint density at radius 1 is 0.312 bits per heavy atom. The van der Waals surface area contributed by atoms with E-state index in [0.717, 1.165) is 0 Å². The summed E-state index contributed by atoms with van der Waals surface area (Å²) in [7, 11) is 0. The van der Waals surface area contributed by atoms with Crippen LogP contribution in [-0.2, 0) is 28.4 Å². The lowest BCUT2D eigenvalue weighted by atomic mass is 11.2. The quantitative estimate of drug-likeness (QED) is 0.115. The van der Waals surface area contributed by atoms with Gasteiger partial charge in [-0.15, -0.1) is 0 Å². The fourth-order valence-electron chi connectivity index (χ4n) is 0.490. The summed E-state index contributed by atoms with van der Waals surface area (Å²) in [4.78, 5) is 86.4. The Morgan fingerprint density at radius 2 is 0.406 bits per heavy atom. The monoisotopic (exact) mass is 518 g/mol. The Balaban J connectivity index is -0.000000110. The summed E-state index contributed by atoms with van der Waals surface area (Å²) in [6.07, 6.45) is -16.9. The highest BCUT2D eigenvalue weighted by atomic mass is 31.0. The summed E-state index contributed by atoms with van der Waals surface area (Å²) in [6.45, 7) is 0. The minimum atomic E-state index is -1.92. The van der Waals surface area contributed by atoms with Gasteiger partial charge >= 0.3 is 55.4 Å². The van der Waals surface area contributed by atoms with Gasteiger partial charge in [-0.2, -0.15) is 19.8 Å². The SMILES string of the molecule is O=C(O)OC(=O)OC(=O)O.O=C(O)OC(=O)OC(=O)O.O=C(O)OC(=O)OC(=O)O.P.P. The van der Waals surface area contributed by atoms with Crippen molar-refractivity contribution >= 4 is 75.2 Å². The molecule has 0 amide bonds. The van der Waals surface area contributed by atoms with Crippen molar-refractivity contribution in [2.45, 2.75) is 0 Å². The molecule has 6 N–H and O–H groups in total. The molecule has 0 aromatic heterocycles. The molecule has 32 heavy (non-hydrogen) atoms. The summed E-state index contributed by atoms with van der Waals surface area (Å²) in [5.74, 6) is 0. The fourth-order valence-corrected chi connectivity index (χ4v) is 0.490. The van der Waals surface area contributed by atoms with Crippen molar-refractivity contribution in [2.24, 2.45) is 0 Å². The zero-order valence-electron chi connectivity index (χ0n) is 14.7. The van der Waals surface area contributed by atoms with Crippen LogP contribution in [0.5, 0.6) is 0 Å². The molecule has 184 valence electrons. The lowest BCUT2D eigenvalue weighted by molar-refractivity contribution is 0.0514. The van der Waals surface area contributed by atoms with Crippen molar-refractivity contribution in [3.8, 4) is 0 Å². The molecule has 2 unspecified atom stereocenters. The lowest BCUT2D eigenvalue weighted by Gasteiger charge is -1.93. The average molecular weight is 518 g/mol. The molecule has 0 saturated carbocycles. The van der Waals surface area contributed by atoms with Gasteiger partial charge in [-0.3, -0.25) is 0 Å². The van der Waals surface area contributed by atoms with Crippen LogP contribution in [0.25, 0.3) is 0 Å². The summed E-state index contributed by atoms with van der Waals surface area (Å²) in [6, 6.07) is 0. The van der Waals surface area contributed by atoms with E-state index in [1.807, 2.05) is 0 Å². The van der Waals surface area contributed by atoms with E-state index in [1.54, 1.807) is 0 Å². The van der Waals surface area contributed by atoms with E-state index < -0.39 is 55.4 Å². The molecule has 0 aromatic rings. The van der Waals surface area contributed by atoms with Crippen LogP contribution in [0.15, 0.2) is 0 Å². The van der Waals surface area contributed by atoms with E-state index >= 15 is 0 Å². The Bertz CT molecular complexity index is 561. The van der Waals surface area contributed by atoms with E-state index in [-0.39, 0.29) is 19.8 Å². The van der Waals surface area contributed by atoms with Crippen LogP contribution in [0.4, 0.5) is 43.2 Å². The van der Waals surface area contributed by atoms with E-state index in [4.69, 9.17) is 30.6 Å². The Morgan fingerprint density at radius 3 is 0.469 bits per heavy atom. The molecule has 0 spiro atoms. The maximum Gasteiger partial charge on any atom is 0.528 e. The van der Waals surface area contributed by atoms with Crippen molar-refractivity contribution in [1.29, 1.82) is 0 Å². The summed E-state index contributed by atoms with van der Waals surface area (Å²) >= 11 is 0. The first-order valence-electron chi connectivity index (χ1n) is 5.63. The van der Waals surface area contributed by atoms with Gasteiger partial charge in [0, 0.05) is 0 Å². The molecular formula is C9H12O21P2. The lowest BCUT2D eigenvalue weighted by Crippen LogP contribution is -2.14. The number of hydrogen-bond donors (Lipinski definition) is 6. The maximum atomic E-state index is 9.86. The maximum absolute atomic E-state index is 9.86. The van der Waals surface area contributed by atoms with Crippen molar-refractivity contribution in [3.63, 3.8) is 0 Å². The summed E-state index contributed by atoms with van der Waals surface area (Å²) < 4.78 is 19.4. The van der Waals surface area contributed by atoms with E-state index in [0.29, 0.717) is 0 Å². The topological polar surface area (TPSA) is 330 Å². The molecule has 0 aromatic carbocycles. The first kappa shape index (κ1) is 38.1. The summed E-state index contributed by atoms with van der Waals surface area (Å²) in [5, 5.41) is 46.1. The normalized spacial score (nSPS) is 7.50. The molecule has 0 heterocycles. The number of carbonyl (C=O) groups excluding carboxylic acids is 3. The smallest absolute Gasteiger partial charge is 0.449 e. The third-order valence-electron chi connectivity index (χ3n) is 1.02. The highest BCUT2D eigenvalue weighted by Crippen LogP contribution is 1.87. The third kappa shape index (κ3) is 40.2. The molecule has 0 aliphatic carbocycles. The largest absolute Gasteiger partial charge is 0.528 e. The molecular weight excluding hydrogens is 506 g/mol. The average Bonchev–Trinajstić information content (AvgIpc) is 2.42. The van der Waals surface area contributed by atoms with Crippen LogP contribution in [0.2, 0.25) is 0 Å². The Hall–Kier alpha value is -4.51. The van der Waals surface area contributed by atoms with Crippen molar-refractivity contribution in [3.05, 3.63) is 0 Å². The number of ether oxygens (including phenoxy) is 6. The van der Waals surface area contributed by atoms with E-state index in [2.05, 4.69) is 28.4 Å². The molecule has 23 heteroatoms. The molecule has 0 rings (SSSR count). The second kappa shape index (κ2) is 21.2. The van der Waals surface area contributed by atoms with Crippen molar-refractivity contribution in [2.75, 3.05) is 0 Å². The molecule has 0 aliphatic rings. The van der Waals surface area contributed by atoms with Crippen LogP contribution in [0.3, 0.4) is 0 Å². The van der Waals surface area contributed by atoms with Gasteiger partial charge in [-0.1, -0.05) is 0 Å². The van der Waals surface area contributed by atoms with Crippen molar-refractivity contribution < 1.29 is 102 Å². The van der Waals surface area contributed by atoms with E-state index in [1.165, 1.54) is 0 Å². The molecule has 0 aliphatic heterocycles. The molecule has 0 radical (unpaired) electrons. The molecule has 2 atom stereocenters.